The largest absolute Gasteiger partial charge is 0.496 e. The van der Waals surface area contributed by atoms with Gasteiger partial charge < -0.3 is 15.2 Å². The zero-order valence-electron chi connectivity index (χ0n) is 14.5. The van der Waals surface area contributed by atoms with Crippen molar-refractivity contribution in [3.8, 4) is 5.75 Å². The molecule has 0 heterocycles. The second kappa shape index (κ2) is 6.16. The molecule has 0 spiro atoms. The van der Waals surface area contributed by atoms with Crippen LogP contribution in [0.1, 0.15) is 54.5 Å². The molecule has 0 saturated heterocycles. The molecule has 1 aromatic rings. The molecule has 1 saturated carbocycles. The number of aryl methyl sites for hydroxylation is 1. The van der Waals surface area contributed by atoms with Crippen LogP contribution >= 0.6 is 0 Å². The third-order valence-electron chi connectivity index (χ3n) is 5.55. The van der Waals surface area contributed by atoms with Crippen molar-refractivity contribution in [1.82, 2.24) is 5.32 Å². The number of fused-ring (bicyclic) bond motifs is 1. The van der Waals surface area contributed by atoms with Gasteiger partial charge in [-0.05, 0) is 67.9 Å². The quantitative estimate of drug-likeness (QED) is 0.898. The molecule has 1 aromatic carbocycles. The zero-order chi connectivity index (χ0) is 16.7. The average molecular weight is 317 g/mol. The summed E-state index contributed by atoms with van der Waals surface area (Å²) in [7, 11) is 1.66. The summed E-state index contributed by atoms with van der Waals surface area (Å²) >= 11 is 0. The van der Waals surface area contributed by atoms with E-state index in [-0.39, 0.29) is 17.7 Å². The molecular weight excluding hydrogens is 290 g/mol. The molecule has 3 atom stereocenters. The van der Waals surface area contributed by atoms with Gasteiger partial charge >= 0.3 is 0 Å². The van der Waals surface area contributed by atoms with Crippen LogP contribution in [-0.2, 0) is 11.2 Å². The first kappa shape index (κ1) is 16.3. The first-order valence-corrected chi connectivity index (χ1v) is 8.59. The molecule has 4 nitrogen and oxygen atoms in total. The lowest BCUT2D eigenvalue weighted by molar-refractivity contribution is -0.128. The van der Waals surface area contributed by atoms with E-state index in [0.29, 0.717) is 6.04 Å². The van der Waals surface area contributed by atoms with Gasteiger partial charge in [0.2, 0.25) is 5.91 Å². The highest BCUT2D eigenvalue weighted by Crippen LogP contribution is 2.44. The lowest BCUT2D eigenvalue weighted by atomic mass is 9.72. The predicted molar refractivity (Wildman–Crippen MR) is 89.6 cm³/mol. The first-order chi connectivity index (χ1) is 10.9. The highest BCUT2D eigenvalue weighted by molar-refractivity contribution is 5.79. The highest BCUT2D eigenvalue weighted by Gasteiger charge is 2.38. The SMILES string of the molecule is COc1cc(C)c2c(c1C)[C@H](O)[C@@H]([C@H](C)C(=O)NC1CC1)CC2. The van der Waals surface area contributed by atoms with Crippen molar-refractivity contribution in [1.29, 1.82) is 0 Å². The van der Waals surface area contributed by atoms with Crippen LogP contribution in [0.3, 0.4) is 0 Å². The van der Waals surface area contributed by atoms with Crippen LogP contribution in [-0.4, -0.2) is 24.2 Å². The average Bonchev–Trinajstić information content (AvgIpc) is 3.33. The van der Waals surface area contributed by atoms with E-state index in [1.807, 2.05) is 19.9 Å². The van der Waals surface area contributed by atoms with Crippen LogP contribution in [0.25, 0.3) is 0 Å². The van der Waals surface area contributed by atoms with Gasteiger partial charge in [-0.2, -0.15) is 0 Å². The van der Waals surface area contributed by atoms with E-state index in [2.05, 4.69) is 12.2 Å². The van der Waals surface area contributed by atoms with Gasteiger partial charge in [0.25, 0.3) is 0 Å². The van der Waals surface area contributed by atoms with Gasteiger partial charge in [-0.25, -0.2) is 0 Å². The Hall–Kier alpha value is -1.55. The molecule has 3 rings (SSSR count). The smallest absolute Gasteiger partial charge is 0.223 e. The summed E-state index contributed by atoms with van der Waals surface area (Å²) in [6, 6.07) is 2.41. The van der Waals surface area contributed by atoms with Gasteiger partial charge in [0.1, 0.15) is 5.75 Å². The van der Waals surface area contributed by atoms with Gasteiger partial charge in [0.05, 0.1) is 13.2 Å². The van der Waals surface area contributed by atoms with Gasteiger partial charge in [-0.3, -0.25) is 4.79 Å². The lowest BCUT2D eigenvalue weighted by Gasteiger charge is -2.35. The summed E-state index contributed by atoms with van der Waals surface area (Å²) in [5.41, 5.74) is 4.36. The Morgan fingerprint density at radius 3 is 2.65 bits per heavy atom. The molecular formula is C19H27NO3. The number of amides is 1. The number of ether oxygens (including phenoxy) is 1. The highest BCUT2D eigenvalue weighted by atomic mass is 16.5. The molecule has 1 fully saturated rings. The summed E-state index contributed by atoms with van der Waals surface area (Å²) in [5.74, 6) is 0.685. The Labute approximate surface area is 138 Å². The number of hydrogen-bond donors (Lipinski definition) is 2. The van der Waals surface area contributed by atoms with Crippen molar-refractivity contribution in [2.45, 2.75) is 58.6 Å². The van der Waals surface area contributed by atoms with Gasteiger partial charge in [0.15, 0.2) is 0 Å². The number of aliphatic hydroxyl groups is 1. The lowest BCUT2D eigenvalue weighted by Crippen LogP contribution is -2.38. The molecule has 2 N–H and O–H groups in total. The third-order valence-corrected chi connectivity index (χ3v) is 5.55. The van der Waals surface area contributed by atoms with Crippen LogP contribution < -0.4 is 10.1 Å². The summed E-state index contributed by atoms with van der Waals surface area (Å²) in [5, 5.41) is 14.0. The summed E-state index contributed by atoms with van der Waals surface area (Å²) in [6.07, 6.45) is 3.33. The van der Waals surface area contributed by atoms with Crippen molar-refractivity contribution < 1.29 is 14.6 Å². The monoisotopic (exact) mass is 317 g/mol. The van der Waals surface area contributed by atoms with Crippen LogP contribution in [0, 0.1) is 25.7 Å². The minimum Gasteiger partial charge on any atom is -0.496 e. The Kier molecular flexibility index (Phi) is 4.37. The van der Waals surface area contributed by atoms with Crippen molar-refractivity contribution >= 4 is 5.91 Å². The van der Waals surface area contributed by atoms with Crippen LogP contribution in [0.15, 0.2) is 6.07 Å². The number of rotatable bonds is 4. The summed E-state index contributed by atoms with van der Waals surface area (Å²) in [4.78, 5) is 12.4. The normalized spacial score (nSPS) is 24.7. The maximum Gasteiger partial charge on any atom is 0.223 e. The van der Waals surface area contributed by atoms with E-state index in [1.165, 1.54) is 5.56 Å². The van der Waals surface area contributed by atoms with E-state index >= 15 is 0 Å². The van der Waals surface area contributed by atoms with Crippen molar-refractivity contribution in [3.05, 3.63) is 28.3 Å². The maximum absolute atomic E-state index is 12.4. The molecule has 2 aliphatic carbocycles. The van der Waals surface area contributed by atoms with E-state index < -0.39 is 6.10 Å². The fourth-order valence-corrected chi connectivity index (χ4v) is 3.87. The van der Waals surface area contributed by atoms with Crippen LogP contribution in [0.4, 0.5) is 0 Å². The van der Waals surface area contributed by atoms with Gasteiger partial charge in [-0.15, -0.1) is 0 Å². The number of carbonyl (C=O) groups is 1. The van der Waals surface area contributed by atoms with Gasteiger partial charge in [-0.1, -0.05) is 6.92 Å². The van der Waals surface area contributed by atoms with E-state index in [9.17, 15) is 9.90 Å². The number of benzene rings is 1. The van der Waals surface area contributed by atoms with Crippen LogP contribution in [0.5, 0.6) is 5.75 Å². The number of methoxy groups -OCH3 is 1. The van der Waals surface area contributed by atoms with Gasteiger partial charge in [0, 0.05) is 17.9 Å². The molecule has 0 radical (unpaired) electrons. The molecule has 0 unspecified atom stereocenters. The topological polar surface area (TPSA) is 58.6 Å². The summed E-state index contributed by atoms with van der Waals surface area (Å²) < 4.78 is 5.45. The Morgan fingerprint density at radius 2 is 2.04 bits per heavy atom. The van der Waals surface area contributed by atoms with Crippen molar-refractivity contribution in [3.63, 3.8) is 0 Å². The molecule has 2 aliphatic rings. The second-order valence-corrected chi connectivity index (χ2v) is 7.13. The van der Waals surface area contributed by atoms with E-state index in [1.54, 1.807) is 7.11 Å². The van der Waals surface area contributed by atoms with Crippen molar-refractivity contribution in [2.24, 2.45) is 11.8 Å². The Bertz CT molecular complexity index is 622. The molecule has 126 valence electrons. The fraction of sp³-hybridized carbons (Fsp3) is 0.632. The molecule has 0 aromatic heterocycles. The maximum atomic E-state index is 12.4. The van der Waals surface area contributed by atoms with Crippen LogP contribution in [0.2, 0.25) is 0 Å². The molecule has 4 heteroatoms. The summed E-state index contributed by atoms with van der Waals surface area (Å²) in [6.45, 7) is 6.01. The Morgan fingerprint density at radius 1 is 1.35 bits per heavy atom. The minimum absolute atomic E-state index is 0.0357. The number of hydrogen-bond acceptors (Lipinski definition) is 3. The zero-order valence-corrected chi connectivity index (χ0v) is 14.5. The van der Waals surface area contributed by atoms with E-state index in [0.717, 1.165) is 48.1 Å². The van der Waals surface area contributed by atoms with Crippen molar-refractivity contribution in [2.75, 3.05) is 7.11 Å². The molecule has 23 heavy (non-hydrogen) atoms. The van der Waals surface area contributed by atoms with E-state index in [4.69, 9.17) is 4.74 Å². The number of carbonyl (C=O) groups excluding carboxylic acids is 1. The number of aliphatic hydroxyl groups excluding tert-OH is 1. The first-order valence-electron chi connectivity index (χ1n) is 8.59. The minimum atomic E-state index is -0.604. The standard InChI is InChI=1S/C19H27NO3/c1-10-9-16(23-4)12(3)17-14(10)7-8-15(18(17)21)11(2)19(22)20-13-5-6-13/h9,11,13,15,18,21H,5-8H2,1-4H3,(H,20,22)/t11-,15+,18+/m0/s1. The second-order valence-electron chi connectivity index (χ2n) is 7.13. The molecule has 0 bridgehead atoms. The Balaban J connectivity index is 1.88. The number of nitrogens with one attached hydrogen (secondary N) is 1. The third kappa shape index (κ3) is 2.97. The predicted octanol–water partition coefficient (Wildman–Crippen LogP) is 2.82. The molecule has 1 amide bonds. The molecule has 0 aliphatic heterocycles. The fourth-order valence-electron chi connectivity index (χ4n) is 3.87.